The number of carbonyl (C=O) groups is 2. The highest BCUT2D eigenvalue weighted by Crippen LogP contribution is 2.25. The molecule has 1 aromatic carbocycles. The van der Waals surface area contributed by atoms with Crippen LogP contribution in [0, 0.1) is 0 Å². The smallest absolute Gasteiger partial charge is 0.230 e. The van der Waals surface area contributed by atoms with Crippen molar-refractivity contribution in [3.63, 3.8) is 0 Å². The van der Waals surface area contributed by atoms with E-state index in [1.54, 1.807) is 6.07 Å². The molecule has 1 saturated heterocycles. The third kappa shape index (κ3) is 4.95. The highest BCUT2D eigenvalue weighted by Gasteiger charge is 2.30. The van der Waals surface area contributed by atoms with Gasteiger partial charge >= 0.3 is 0 Å². The summed E-state index contributed by atoms with van der Waals surface area (Å²) >= 11 is 6.04. The first kappa shape index (κ1) is 18.7. The Morgan fingerprint density at radius 2 is 2.21 bits per heavy atom. The first-order valence-corrected chi connectivity index (χ1v) is 8.93. The zero-order chi connectivity index (χ0) is 17.5. The van der Waals surface area contributed by atoms with Gasteiger partial charge in [-0.2, -0.15) is 0 Å². The van der Waals surface area contributed by atoms with Crippen LogP contribution in [0.3, 0.4) is 0 Å². The lowest BCUT2D eigenvalue weighted by molar-refractivity contribution is -0.136. The van der Waals surface area contributed by atoms with Crippen LogP contribution in [0.25, 0.3) is 0 Å². The number of nitrogens with zero attached hydrogens (tertiary/aromatic N) is 1. The number of amides is 2. The number of piperidine rings is 1. The van der Waals surface area contributed by atoms with Gasteiger partial charge in [0, 0.05) is 37.1 Å². The van der Waals surface area contributed by atoms with E-state index in [1.165, 1.54) is 0 Å². The molecule has 2 amide bonds. The first-order valence-electron chi connectivity index (χ1n) is 8.55. The van der Waals surface area contributed by atoms with Gasteiger partial charge in [0.15, 0.2) is 0 Å². The minimum Gasteiger partial charge on any atom is -0.354 e. The Morgan fingerprint density at radius 3 is 2.92 bits per heavy atom. The second kappa shape index (κ2) is 9.04. The zero-order valence-electron chi connectivity index (χ0n) is 14.1. The van der Waals surface area contributed by atoms with Gasteiger partial charge in [-0.05, 0) is 43.9 Å². The lowest BCUT2D eigenvalue weighted by Gasteiger charge is -2.37. The number of carbonyl (C=O) groups excluding carboxylic acids is 2. The molecule has 1 aromatic rings. The molecule has 0 bridgehead atoms. The van der Waals surface area contributed by atoms with Gasteiger partial charge in [0.1, 0.15) is 0 Å². The number of rotatable bonds is 6. The molecule has 24 heavy (non-hydrogen) atoms. The van der Waals surface area contributed by atoms with Gasteiger partial charge in [0.05, 0.1) is 5.92 Å². The maximum absolute atomic E-state index is 12.9. The van der Waals surface area contributed by atoms with Crippen LogP contribution in [0.1, 0.15) is 44.1 Å². The van der Waals surface area contributed by atoms with E-state index in [0.717, 1.165) is 31.4 Å². The highest BCUT2D eigenvalue weighted by molar-refractivity contribution is 6.30. The number of hydrogen-bond donors (Lipinski definition) is 2. The lowest BCUT2D eigenvalue weighted by Crippen LogP contribution is -2.50. The Labute approximate surface area is 148 Å². The van der Waals surface area contributed by atoms with Crippen LogP contribution in [0.4, 0.5) is 0 Å². The minimum atomic E-state index is -0.246. The number of benzene rings is 1. The van der Waals surface area contributed by atoms with Crippen LogP contribution < -0.4 is 11.1 Å². The van der Waals surface area contributed by atoms with E-state index in [4.69, 9.17) is 17.3 Å². The number of nitrogens with two attached hydrogens (primary N) is 1. The Balaban J connectivity index is 2.03. The molecule has 1 fully saturated rings. The third-order valence-corrected chi connectivity index (χ3v) is 4.77. The first-order chi connectivity index (χ1) is 11.5. The normalized spacial score (nSPS) is 19.0. The summed E-state index contributed by atoms with van der Waals surface area (Å²) in [5.74, 6) is -0.211. The maximum Gasteiger partial charge on any atom is 0.230 e. The predicted molar refractivity (Wildman–Crippen MR) is 95.9 cm³/mol. The molecule has 1 heterocycles. The summed E-state index contributed by atoms with van der Waals surface area (Å²) in [4.78, 5) is 26.5. The van der Waals surface area contributed by atoms with E-state index in [-0.39, 0.29) is 23.8 Å². The number of halogens is 1. The van der Waals surface area contributed by atoms with E-state index < -0.39 is 0 Å². The Kier molecular flexibility index (Phi) is 7.06. The summed E-state index contributed by atoms with van der Waals surface area (Å²) in [7, 11) is 0. The maximum atomic E-state index is 12.9. The van der Waals surface area contributed by atoms with Gasteiger partial charge in [-0.15, -0.1) is 0 Å². The molecule has 6 heteroatoms. The van der Waals surface area contributed by atoms with Crippen molar-refractivity contribution in [1.82, 2.24) is 10.2 Å². The molecule has 3 N–H and O–H groups in total. The van der Waals surface area contributed by atoms with Crippen molar-refractivity contribution in [2.45, 2.75) is 44.6 Å². The fourth-order valence-corrected chi connectivity index (χ4v) is 3.32. The SMILES string of the molecule is CC(C(=O)N1CCCCC1CNC(=O)CCN)c1cccc(Cl)c1. The standard InChI is InChI=1S/C18H26ClN3O2/c1-13(14-5-4-6-15(19)11-14)18(24)22-10-3-2-7-16(22)12-21-17(23)8-9-20/h4-6,11,13,16H,2-3,7-10,12,20H2,1H3,(H,21,23). The van der Waals surface area contributed by atoms with Gasteiger partial charge in [-0.3, -0.25) is 9.59 Å². The van der Waals surface area contributed by atoms with Crippen molar-refractivity contribution < 1.29 is 9.59 Å². The van der Waals surface area contributed by atoms with Gasteiger partial charge in [-0.25, -0.2) is 0 Å². The van der Waals surface area contributed by atoms with Crippen molar-refractivity contribution in [2.75, 3.05) is 19.6 Å². The Hall–Kier alpha value is -1.59. The monoisotopic (exact) mass is 351 g/mol. The molecule has 2 atom stereocenters. The second-order valence-corrected chi connectivity index (χ2v) is 6.74. The molecule has 0 radical (unpaired) electrons. The quantitative estimate of drug-likeness (QED) is 0.825. The summed E-state index contributed by atoms with van der Waals surface area (Å²) < 4.78 is 0. The molecule has 5 nitrogen and oxygen atoms in total. The fourth-order valence-electron chi connectivity index (χ4n) is 3.12. The molecule has 2 rings (SSSR count). The Bertz CT molecular complexity index is 579. The van der Waals surface area contributed by atoms with Crippen molar-refractivity contribution in [1.29, 1.82) is 0 Å². The van der Waals surface area contributed by atoms with Crippen molar-refractivity contribution in [2.24, 2.45) is 5.73 Å². The van der Waals surface area contributed by atoms with E-state index >= 15 is 0 Å². The van der Waals surface area contributed by atoms with E-state index in [0.29, 0.717) is 24.5 Å². The highest BCUT2D eigenvalue weighted by atomic mass is 35.5. The molecule has 1 aliphatic rings. The molecule has 2 unspecified atom stereocenters. The summed E-state index contributed by atoms with van der Waals surface area (Å²) in [6, 6.07) is 7.48. The number of hydrogen-bond acceptors (Lipinski definition) is 3. The topological polar surface area (TPSA) is 75.4 Å². The van der Waals surface area contributed by atoms with Crippen LogP contribution in [-0.4, -0.2) is 42.4 Å². The average Bonchev–Trinajstić information content (AvgIpc) is 2.59. The lowest BCUT2D eigenvalue weighted by atomic mass is 9.95. The van der Waals surface area contributed by atoms with E-state index in [9.17, 15) is 9.59 Å². The van der Waals surface area contributed by atoms with Crippen molar-refractivity contribution >= 4 is 23.4 Å². The van der Waals surface area contributed by atoms with Crippen LogP contribution in [-0.2, 0) is 9.59 Å². The van der Waals surface area contributed by atoms with Gasteiger partial charge in [0.2, 0.25) is 11.8 Å². The average molecular weight is 352 g/mol. The summed E-state index contributed by atoms with van der Waals surface area (Å²) in [5, 5.41) is 3.53. The van der Waals surface area contributed by atoms with Gasteiger partial charge < -0.3 is 16.0 Å². The number of nitrogens with one attached hydrogen (secondary N) is 1. The molecule has 0 saturated carbocycles. The predicted octanol–water partition coefficient (Wildman–Crippen LogP) is 2.29. The van der Waals surface area contributed by atoms with Crippen LogP contribution >= 0.6 is 11.6 Å². The van der Waals surface area contributed by atoms with Crippen LogP contribution in [0.2, 0.25) is 5.02 Å². The summed E-state index contributed by atoms with van der Waals surface area (Å²) in [6.45, 7) is 3.48. The van der Waals surface area contributed by atoms with Crippen LogP contribution in [0.15, 0.2) is 24.3 Å². The minimum absolute atomic E-state index is 0.0506. The fraction of sp³-hybridized carbons (Fsp3) is 0.556. The Morgan fingerprint density at radius 1 is 1.42 bits per heavy atom. The number of likely N-dealkylation sites (tertiary alicyclic amines) is 1. The molecule has 0 aliphatic carbocycles. The van der Waals surface area contributed by atoms with Crippen molar-refractivity contribution in [3.8, 4) is 0 Å². The van der Waals surface area contributed by atoms with E-state index in [1.807, 2.05) is 30.0 Å². The van der Waals surface area contributed by atoms with Crippen LogP contribution in [0.5, 0.6) is 0 Å². The van der Waals surface area contributed by atoms with E-state index in [2.05, 4.69) is 5.32 Å². The molecule has 0 spiro atoms. The molecule has 0 aromatic heterocycles. The van der Waals surface area contributed by atoms with Gasteiger partial charge in [-0.1, -0.05) is 23.7 Å². The molecule has 1 aliphatic heterocycles. The largest absolute Gasteiger partial charge is 0.354 e. The third-order valence-electron chi connectivity index (χ3n) is 4.54. The molecular formula is C18H26ClN3O2. The molecule has 132 valence electrons. The van der Waals surface area contributed by atoms with Crippen molar-refractivity contribution in [3.05, 3.63) is 34.9 Å². The summed E-state index contributed by atoms with van der Waals surface area (Å²) in [6.07, 6.45) is 3.31. The summed E-state index contributed by atoms with van der Waals surface area (Å²) in [5.41, 5.74) is 6.31. The second-order valence-electron chi connectivity index (χ2n) is 6.30. The van der Waals surface area contributed by atoms with Gasteiger partial charge in [0.25, 0.3) is 0 Å². The molecular weight excluding hydrogens is 326 g/mol. The zero-order valence-corrected chi connectivity index (χ0v) is 14.9.